The number of carbonyl (C=O) groups excluding carboxylic acids is 1. The van der Waals surface area contributed by atoms with E-state index in [0.717, 1.165) is 11.8 Å². The van der Waals surface area contributed by atoms with Gasteiger partial charge in [-0.3, -0.25) is 4.79 Å². The van der Waals surface area contributed by atoms with Crippen LogP contribution in [0.5, 0.6) is 0 Å². The molecule has 0 radical (unpaired) electrons. The number of hydrogen-bond acceptors (Lipinski definition) is 3. The van der Waals surface area contributed by atoms with Crippen LogP contribution in [0.3, 0.4) is 0 Å². The number of aromatic carboxylic acids is 1. The highest BCUT2D eigenvalue weighted by Gasteiger charge is 2.31. The molecule has 5 rings (SSSR count). The normalized spacial score (nSPS) is 13.3. The second-order valence-electron chi connectivity index (χ2n) is 7.46. The fourth-order valence-electron chi connectivity index (χ4n) is 4.12. The molecule has 0 spiro atoms. The van der Waals surface area contributed by atoms with Crippen LogP contribution >= 0.6 is 0 Å². The summed E-state index contributed by atoms with van der Waals surface area (Å²) in [5, 5.41) is 10.2. The second kappa shape index (κ2) is 7.36. The summed E-state index contributed by atoms with van der Waals surface area (Å²) in [4.78, 5) is 32.3. The summed E-state index contributed by atoms with van der Waals surface area (Å²) in [5.74, 6) is -2.31. The number of halogens is 1. The van der Waals surface area contributed by atoms with E-state index in [9.17, 15) is 19.1 Å². The van der Waals surface area contributed by atoms with Gasteiger partial charge in [0.05, 0.1) is 28.9 Å². The Morgan fingerprint density at radius 1 is 0.968 bits per heavy atom. The molecule has 1 aliphatic heterocycles. The predicted octanol–water partition coefficient (Wildman–Crippen LogP) is 4.20. The Kier molecular flexibility index (Phi) is 4.51. The molecule has 1 aliphatic rings. The molecular formula is C24H18FN3O3. The van der Waals surface area contributed by atoms with E-state index in [1.165, 1.54) is 12.1 Å². The van der Waals surface area contributed by atoms with Crippen LogP contribution in [-0.4, -0.2) is 38.0 Å². The zero-order chi connectivity index (χ0) is 21.5. The van der Waals surface area contributed by atoms with Crippen molar-refractivity contribution < 1.29 is 19.1 Å². The van der Waals surface area contributed by atoms with E-state index < -0.39 is 17.7 Å². The summed E-state index contributed by atoms with van der Waals surface area (Å²) >= 11 is 0. The van der Waals surface area contributed by atoms with E-state index in [-0.39, 0.29) is 22.2 Å². The van der Waals surface area contributed by atoms with Crippen molar-refractivity contribution >= 4 is 22.8 Å². The maximum absolute atomic E-state index is 14.0. The molecule has 0 saturated heterocycles. The molecule has 0 fully saturated rings. The molecule has 0 aliphatic carbocycles. The Morgan fingerprint density at radius 3 is 2.55 bits per heavy atom. The maximum Gasteiger partial charge on any atom is 0.337 e. The summed E-state index contributed by atoms with van der Waals surface area (Å²) < 4.78 is 16.1. The SMILES string of the molecule is O=C(O)c1c(C(=O)N2CCn3cccc3C2)c(-c2ccccc2)nc2ccc(F)cc12. The molecule has 0 unspecified atom stereocenters. The minimum Gasteiger partial charge on any atom is -0.478 e. The lowest BCUT2D eigenvalue weighted by Gasteiger charge is -2.30. The van der Waals surface area contributed by atoms with Crippen LogP contribution in [0, 0.1) is 5.82 Å². The quantitative estimate of drug-likeness (QED) is 0.544. The third-order valence-electron chi connectivity index (χ3n) is 5.60. The molecule has 2 aromatic carbocycles. The van der Waals surface area contributed by atoms with E-state index in [4.69, 9.17) is 0 Å². The second-order valence-corrected chi connectivity index (χ2v) is 7.46. The van der Waals surface area contributed by atoms with Crippen LogP contribution in [-0.2, 0) is 13.1 Å². The first-order valence-electron chi connectivity index (χ1n) is 9.88. The van der Waals surface area contributed by atoms with E-state index >= 15 is 0 Å². The molecule has 31 heavy (non-hydrogen) atoms. The Hall–Kier alpha value is -4.00. The molecule has 1 N–H and O–H groups in total. The zero-order valence-corrected chi connectivity index (χ0v) is 16.5. The molecule has 0 saturated carbocycles. The fourth-order valence-corrected chi connectivity index (χ4v) is 4.12. The lowest BCUT2D eigenvalue weighted by Crippen LogP contribution is -2.39. The molecule has 154 valence electrons. The summed E-state index contributed by atoms with van der Waals surface area (Å²) in [6.07, 6.45) is 1.95. The van der Waals surface area contributed by atoms with Crippen molar-refractivity contribution in [3.8, 4) is 11.3 Å². The highest BCUT2D eigenvalue weighted by molar-refractivity contribution is 6.15. The van der Waals surface area contributed by atoms with E-state index in [1.54, 1.807) is 29.2 Å². The van der Waals surface area contributed by atoms with Gasteiger partial charge in [-0.25, -0.2) is 14.2 Å². The van der Waals surface area contributed by atoms with Gasteiger partial charge in [-0.05, 0) is 30.3 Å². The first kappa shape index (κ1) is 19.0. The number of carboxylic acid groups (broad SMARTS) is 1. The number of fused-ring (bicyclic) bond motifs is 2. The van der Waals surface area contributed by atoms with Crippen LogP contribution in [0.4, 0.5) is 4.39 Å². The van der Waals surface area contributed by atoms with Crippen LogP contribution in [0.1, 0.15) is 26.4 Å². The van der Waals surface area contributed by atoms with Gasteiger partial charge in [0.2, 0.25) is 0 Å². The summed E-state index contributed by atoms with van der Waals surface area (Å²) in [5.41, 5.74) is 1.95. The van der Waals surface area contributed by atoms with Gasteiger partial charge in [0.25, 0.3) is 5.91 Å². The highest BCUT2D eigenvalue weighted by atomic mass is 19.1. The van der Waals surface area contributed by atoms with Crippen molar-refractivity contribution in [2.75, 3.05) is 6.54 Å². The van der Waals surface area contributed by atoms with Gasteiger partial charge in [0.1, 0.15) is 5.82 Å². The monoisotopic (exact) mass is 415 g/mol. The Balaban J connectivity index is 1.76. The number of nitrogens with zero attached hydrogens (tertiary/aromatic N) is 3. The molecule has 7 heteroatoms. The fraction of sp³-hybridized carbons (Fsp3) is 0.125. The Labute approximate surface area is 177 Å². The standard InChI is InChI=1S/C24H18FN3O3/c25-16-8-9-19-18(13-16)20(24(30)31)21(22(26-19)15-5-2-1-3-6-15)23(29)28-12-11-27-10-4-7-17(27)14-28/h1-10,13H,11-12,14H2,(H,30,31). The number of rotatable bonds is 3. The maximum atomic E-state index is 14.0. The summed E-state index contributed by atoms with van der Waals surface area (Å²) in [6, 6.07) is 16.6. The average Bonchev–Trinajstić information content (AvgIpc) is 3.25. The lowest BCUT2D eigenvalue weighted by molar-refractivity contribution is 0.0663. The lowest BCUT2D eigenvalue weighted by atomic mass is 9.95. The molecule has 6 nitrogen and oxygen atoms in total. The van der Waals surface area contributed by atoms with Gasteiger partial charge >= 0.3 is 5.97 Å². The van der Waals surface area contributed by atoms with Gasteiger partial charge in [-0.15, -0.1) is 0 Å². The molecule has 4 aromatic rings. The molecular weight excluding hydrogens is 397 g/mol. The third kappa shape index (κ3) is 3.24. The average molecular weight is 415 g/mol. The molecule has 2 aromatic heterocycles. The van der Waals surface area contributed by atoms with Crippen molar-refractivity contribution in [3.05, 3.63) is 89.5 Å². The number of carbonyl (C=O) groups is 2. The van der Waals surface area contributed by atoms with Crippen molar-refractivity contribution in [3.63, 3.8) is 0 Å². The van der Waals surface area contributed by atoms with E-state index in [0.29, 0.717) is 30.7 Å². The minimum absolute atomic E-state index is 0.0168. The van der Waals surface area contributed by atoms with Crippen molar-refractivity contribution in [1.82, 2.24) is 14.5 Å². The van der Waals surface area contributed by atoms with Crippen LogP contribution in [0.15, 0.2) is 66.9 Å². The zero-order valence-electron chi connectivity index (χ0n) is 16.5. The first-order valence-corrected chi connectivity index (χ1v) is 9.88. The van der Waals surface area contributed by atoms with Gasteiger partial charge < -0.3 is 14.6 Å². The molecule has 0 atom stereocenters. The van der Waals surface area contributed by atoms with Crippen LogP contribution < -0.4 is 0 Å². The number of hydrogen-bond donors (Lipinski definition) is 1. The van der Waals surface area contributed by atoms with Crippen molar-refractivity contribution in [2.24, 2.45) is 0 Å². The van der Waals surface area contributed by atoms with Gasteiger partial charge in [-0.2, -0.15) is 0 Å². The van der Waals surface area contributed by atoms with E-state index in [1.807, 2.05) is 24.4 Å². The van der Waals surface area contributed by atoms with Crippen LogP contribution in [0.2, 0.25) is 0 Å². The smallest absolute Gasteiger partial charge is 0.337 e. The number of pyridine rings is 1. The van der Waals surface area contributed by atoms with E-state index in [2.05, 4.69) is 9.55 Å². The minimum atomic E-state index is -1.29. The molecule has 3 heterocycles. The number of benzene rings is 2. The third-order valence-corrected chi connectivity index (χ3v) is 5.60. The van der Waals surface area contributed by atoms with Gasteiger partial charge in [0, 0.05) is 35.9 Å². The Bertz CT molecular complexity index is 1330. The van der Waals surface area contributed by atoms with Crippen LogP contribution in [0.25, 0.3) is 22.2 Å². The summed E-state index contributed by atoms with van der Waals surface area (Å²) in [7, 11) is 0. The van der Waals surface area contributed by atoms with Crippen molar-refractivity contribution in [2.45, 2.75) is 13.1 Å². The van der Waals surface area contributed by atoms with Gasteiger partial charge in [-0.1, -0.05) is 30.3 Å². The molecule has 1 amide bonds. The van der Waals surface area contributed by atoms with Crippen molar-refractivity contribution in [1.29, 1.82) is 0 Å². The number of carboxylic acids is 1. The first-order chi connectivity index (χ1) is 15.0. The predicted molar refractivity (Wildman–Crippen MR) is 113 cm³/mol. The Morgan fingerprint density at radius 2 is 1.77 bits per heavy atom. The largest absolute Gasteiger partial charge is 0.478 e. The molecule has 0 bridgehead atoms. The summed E-state index contributed by atoms with van der Waals surface area (Å²) in [6.45, 7) is 1.42. The highest BCUT2D eigenvalue weighted by Crippen LogP contribution is 2.32. The topological polar surface area (TPSA) is 75.4 Å². The number of amides is 1. The number of aromatic nitrogens is 2. The van der Waals surface area contributed by atoms with Gasteiger partial charge in [0.15, 0.2) is 0 Å².